The molecule has 0 aliphatic carbocycles. The summed E-state index contributed by atoms with van der Waals surface area (Å²) < 4.78 is 6.21. The van der Waals surface area contributed by atoms with Gasteiger partial charge in [0.05, 0.1) is 11.0 Å². The van der Waals surface area contributed by atoms with Gasteiger partial charge in [0.15, 0.2) is 0 Å². The van der Waals surface area contributed by atoms with E-state index in [1.807, 2.05) is 48.5 Å². The van der Waals surface area contributed by atoms with Crippen LogP contribution in [0.15, 0.2) is 60.8 Å². The normalized spacial score (nSPS) is 11.4. The maximum absolute atomic E-state index is 10.8. The fraction of sp³-hybridized carbons (Fsp3) is 0.208. The summed E-state index contributed by atoms with van der Waals surface area (Å²) in [4.78, 5) is 23.0. The van der Waals surface area contributed by atoms with E-state index in [1.165, 1.54) is 0 Å². The monoisotopic (exact) mass is 400 g/mol. The highest BCUT2D eigenvalue weighted by molar-refractivity contribution is 5.80. The second kappa shape index (κ2) is 7.99. The third-order valence-electron chi connectivity index (χ3n) is 4.79. The Bertz CT molecular complexity index is 1190. The number of rotatable bonds is 6. The summed E-state index contributed by atoms with van der Waals surface area (Å²) in [5.41, 5.74) is 4.37. The lowest BCUT2D eigenvalue weighted by Gasteiger charge is -2.22. The number of hydrogen-bond acceptors (Lipinski definition) is 5. The average molecular weight is 400 g/mol. The highest BCUT2D eigenvalue weighted by Crippen LogP contribution is 2.36. The molecule has 2 aromatic carbocycles. The molecule has 0 saturated carbocycles. The van der Waals surface area contributed by atoms with Gasteiger partial charge in [0, 0.05) is 18.2 Å². The molecule has 2 heterocycles. The molecular weight excluding hydrogens is 376 g/mol. The van der Waals surface area contributed by atoms with E-state index in [-0.39, 0.29) is 5.41 Å². The minimum atomic E-state index is -0.0586. The number of carbonyl (C=O) groups excluding carboxylic acids is 1. The highest BCUT2D eigenvalue weighted by atomic mass is 16.5. The first kappa shape index (κ1) is 19.6. The topological polar surface area (TPSA) is 79.9 Å². The van der Waals surface area contributed by atoms with Crippen LogP contribution >= 0.6 is 0 Å². The number of imidazole rings is 1. The number of ether oxygens (including phenoxy) is 1. The van der Waals surface area contributed by atoms with E-state index in [1.54, 1.807) is 6.20 Å². The lowest BCUT2D eigenvalue weighted by Crippen LogP contribution is -2.12. The maximum atomic E-state index is 10.8. The molecule has 152 valence electrons. The van der Waals surface area contributed by atoms with Crippen LogP contribution in [0.1, 0.15) is 31.9 Å². The van der Waals surface area contributed by atoms with Gasteiger partial charge in [-0.3, -0.25) is 0 Å². The van der Waals surface area contributed by atoms with E-state index in [4.69, 9.17) is 4.74 Å². The Balaban J connectivity index is 1.63. The van der Waals surface area contributed by atoms with Crippen molar-refractivity contribution in [1.29, 1.82) is 0 Å². The van der Waals surface area contributed by atoms with Crippen molar-refractivity contribution < 1.29 is 9.53 Å². The number of benzene rings is 2. The van der Waals surface area contributed by atoms with Gasteiger partial charge in [-0.15, -0.1) is 0 Å². The fourth-order valence-electron chi connectivity index (χ4n) is 3.31. The van der Waals surface area contributed by atoms with Gasteiger partial charge in [-0.1, -0.05) is 45.0 Å². The van der Waals surface area contributed by atoms with Crippen molar-refractivity contribution in [2.45, 2.75) is 32.6 Å². The first-order valence-electron chi connectivity index (χ1n) is 9.86. The Labute approximate surface area is 175 Å². The zero-order valence-electron chi connectivity index (χ0n) is 17.3. The van der Waals surface area contributed by atoms with Crippen molar-refractivity contribution in [1.82, 2.24) is 15.0 Å². The molecule has 6 nitrogen and oxygen atoms in total. The van der Waals surface area contributed by atoms with Gasteiger partial charge >= 0.3 is 0 Å². The average Bonchev–Trinajstić information content (AvgIpc) is 3.11. The number of aromatic nitrogens is 3. The predicted molar refractivity (Wildman–Crippen MR) is 119 cm³/mol. The van der Waals surface area contributed by atoms with Gasteiger partial charge < -0.3 is 19.8 Å². The summed E-state index contributed by atoms with van der Waals surface area (Å²) >= 11 is 0. The number of nitrogens with zero attached hydrogens (tertiary/aromatic N) is 2. The van der Waals surface area contributed by atoms with Gasteiger partial charge in [-0.25, -0.2) is 9.97 Å². The quantitative estimate of drug-likeness (QED) is 0.416. The van der Waals surface area contributed by atoms with Gasteiger partial charge in [0.2, 0.25) is 11.8 Å². The zero-order valence-corrected chi connectivity index (χ0v) is 17.3. The van der Waals surface area contributed by atoms with Crippen molar-refractivity contribution in [3.8, 4) is 11.6 Å². The molecule has 0 spiro atoms. The van der Waals surface area contributed by atoms with Crippen LogP contribution < -0.4 is 10.1 Å². The van der Waals surface area contributed by atoms with Crippen molar-refractivity contribution in [3.63, 3.8) is 0 Å². The molecular formula is C24H24N4O2. The lowest BCUT2D eigenvalue weighted by atomic mass is 9.86. The summed E-state index contributed by atoms with van der Waals surface area (Å²) in [5.74, 6) is 1.82. The van der Waals surface area contributed by atoms with Gasteiger partial charge in [0.25, 0.3) is 0 Å². The summed E-state index contributed by atoms with van der Waals surface area (Å²) in [5, 5.41) is 3.27. The second-order valence-electron chi connectivity index (χ2n) is 8.14. The third kappa shape index (κ3) is 4.17. The van der Waals surface area contributed by atoms with E-state index >= 15 is 0 Å². The highest BCUT2D eigenvalue weighted by Gasteiger charge is 2.20. The summed E-state index contributed by atoms with van der Waals surface area (Å²) in [6.07, 6.45) is 2.97. The molecule has 0 saturated heterocycles. The standard InChI is InChI=1S/C24H24N4O2/c1-24(2,3)17-7-4-5-9-21(17)30-22-19(8-6-13-25-22)27-23-26-18-11-10-16(12-14-29)15-20(18)28-23/h4-11,13-15H,12H2,1-3H3,(H2,26,27,28). The molecule has 0 aliphatic heterocycles. The van der Waals surface area contributed by atoms with E-state index in [0.29, 0.717) is 23.9 Å². The number of H-pyrrole nitrogens is 1. The Morgan fingerprint density at radius 2 is 1.93 bits per heavy atom. The lowest BCUT2D eigenvalue weighted by molar-refractivity contribution is -0.107. The minimum absolute atomic E-state index is 0.0586. The van der Waals surface area contributed by atoms with Gasteiger partial charge in [-0.2, -0.15) is 0 Å². The van der Waals surface area contributed by atoms with Crippen LogP contribution in [0.2, 0.25) is 0 Å². The molecule has 0 atom stereocenters. The zero-order chi connectivity index (χ0) is 21.1. The van der Waals surface area contributed by atoms with Crippen LogP contribution in [0.5, 0.6) is 11.6 Å². The van der Waals surface area contributed by atoms with Crippen molar-refractivity contribution >= 4 is 29.0 Å². The Morgan fingerprint density at radius 1 is 1.10 bits per heavy atom. The number of para-hydroxylation sites is 1. The first-order valence-corrected chi connectivity index (χ1v) is 9.86. The SMILES string of the molecule is CC(C)(C)c1ccccc1Oc1ncccc1Nc1nc2ccc(CC=O)cc2[nH]1. The van der Waals surface area contributed by atoms with E-state index in [2.05, 4.69) is 47.1 Å². The van der Waals surface area contributed by atoms with Crippen LogP contribution in [0.3, 0.4) is 0 Å². The van der Waals surface area contributed by atoms with E-state index < -0.39 is 0 Å². The minimum Gasteiger partial charge on any atom is -0.437 e. The van der Waals surface area contributed by atoms with E-state index in [9.17, 15) is 4.79 Å². The number of carbonyl (C=O) groups is 1. The smallest absolute Gasteiger partial charge is 0.243 e. The first-order chi connectivity index (χ1) is 14.4. The molecule has 2 N–H and O–H groups in total. The van der Waals surface area contributed by atoms with Crippen molar-refractivity contribution in [2.75, 3.05) is 5.32 Å². The number of aldehydes is 1. The Morgan fingerprint density at radius 3 is 2.73 bits per heavy atom. The molecule has 4 rings (SSSR count). The molecule has 0 aliphatic rings. The summed E-state index contributed by atoms with van der Waals surface area (Å²) in [7, 11) is 0. The molecule has 6 heteroatoms. The predicted octanol–water partition coefficient (Wildman–Crippen LogP) is 5.53. The molecule has 0 unspecified atom stereocenters. The van der Waals surface area contributed by atoms with Crippen LogP contribution in [0, 0.1) is 0 Å². The number of aromatic amines is 1. The molecule has 0 fully saturated rings. The van der Waals surface area contributed by atoms with Crippen LogP contribution in [0.25, 0.3) is 11.0 Å². The maximum Gasteiger partial charge on any atom is 0.243 e. The molecule has 0 radical (unpaired) electrons. The molecule has 0 bridgehead atoms. The van der Waals surface area contributed by atoms with Crippen molar-refractivity contribution in [3.05, 3.63) is 71.9 Å². The fourth-order valence-corrected chi connectivity index (χ4v) is 3.31. The summed E-state index contributed by atoms with van der Waals surface area (Å²) in [6, 6.07) is 17.5. The number of nitrogens with one attached hydrogen (secondary N) is 2. The van der Waals surface area contributed by atoms with Crippen LogP contribution in [-0.4, -0.2) is 21.2 Å². The van der Waals surface area contributed by atoms with Gasteiger partial charge in [0.1, 0.15) is 17.7 Å². The van der Waals surface area contributed by atoms with Crippen LogP contribution in [0.4, 0.5) is 11.6 Å². The molecule has 0 amide bonds. The second-order valence-corrected chi connectivity index (χ2v) is 8.14. The largest absolute Gasteiger partial charge is 0.437 e. The molecule has 4 aromatic rings. The Hall–Kier alpha value is -3.67. The molecule has 30 heavy (non-hydrogen) atoms. The Kier molecular flexibility index (Phi) is 5.23. The van der Waals surface area contributed by atoms with E-state index in [0.717, 1.165) is 34.2 Å². The summed E-state index contributed by atoms with van der Waals surface area (Å²) in [6.45, 7) is 6.46. The number of pyridine rings is 1. The number of fused-ring (bicyclic) bond motifs is 1. The van der Waals surface area contributed by atoms with Crippen molar-refractivity contribution in [2.24, 2.45) is 0 Å². The van der Waals surface area contributed by atoms with Gasteiger partial charge in [-0.05, 0) is 41.3 Å². The molecule has 2 aromatic heterocycles. The third-order valence-corrected chi connectivity index (χ3v) is 4.79. The number of hydrogen-bond donors (Lipinski definition) is 2. The van der Waals surface area contributed by atoms with Crippen LogP contribution in [-0.2, 0) is 16.6 Å². The number of anilines is 2.